The molecule has 0 radical (unpaired) electrons. The molecule has 0 spiro atoms. The van der Waals surface area contributed by atoms with Crippen molar-refractivity contribution in [2.45, 2.75) is 39.2 Å². The van der Waals surface area contributed by atoms with Crippen LogP contribution < -0.4 is 21.5 Å². The van der Waals surface area contributed by atoms with E-state index in [1.807, 2.05) is 20.8 Å². The van der Waals surface area contributed by atoms with Crippen LogP contribution in [0.5, 0.6) is 0 Å². The van der Waals surface area contributed by atoms with Gasteiger partial charge in [-0.05, 0) is 33.6 Å². The van der Waals surface area contributed by atoms with Crippen LogP contribution in [0.1, 0.15) is 33.6 Å². The predicted molar refractivity (Wildman–Crippen MR) is 89.9 cm³/mol. The third kappa shape index (κ3) is 4.44. The number of aromatic nitrogens is 2. The van der Waals surface area contributed by atoms with Crippen molar-refractivity contribution >= 4 is 23.3 Å². The Morgan fingerprint density at radius 1 is 1.35 bits per heavy atom. The van der Waals surface area contributed by atoms with Gasteiger partial charge in [0.15, 0.2) is 11.6 Å². The minimum absolute atomic E-state index is 0.0422. The monoisotopic (exact) mass is 322 g/mol. The van der Waals surface area contributed by atoms with Crippen LogP contribution in [-0.2, 0) is 9.53 Å². The van der Waals surface area contributed by atoms with Crippen molar-refractivity contribution in [1.82, 2.24) is 15.4 Å². The maximum absolute atomic E-state index is 11.6. The molecule has 8 heteroatoms. The summed E-state index contributed by atoms with van der Waals surface area (Å²) >= 11 is 0. The van der Waals surface area contributed by atoms with E-state index in [4.69, 9.17) is 10.5 Å². The molecule has 0 atom stereocenters. The second-order valence-corrected chi connectivity index (χ2v) is 6.74. The molecule has 8 nitrogen and oxygen atoms in total. The predicted octanol–water partition coefficient (Wildman–Crippen LogP) is 1.16. The van der Waals surface area contributed by atoms with Crippen molar-refractivity contribution in [3.63, 3.8) is 0 Å². The number of piperidine rings is 1. The lowest BCUT2D eigenvalue weighted by Crippen LogP contribution is -2.41. The molecule has 1 aromatic rings. The van der Waals surface area contributed by atoms with Gasteiger partial charge in [-0.15, -0.1) is 0 Å². The maximum Gasteiger partial charge on any atom is 0.308 e. The quantitative estimate of drug-likeness (QED) is 0.560. The molecule has 1 aliphatic heterocycles. The summed E-state index contributed by atoms with van der Waals surface area (Å²) in [5, 5.41) is 0. The van der Waals surface area contributed by atoms with E-state index in [0.717, 1.165) is 12.8 Å². The van der Waals surface area contributed by atoms with Gasteiger partial charge in [-0.3, -0.25) is 4.79 Å². The van der Waals surface area contributed by atoms with Crippen molar-refractivity contribution in [3.8, 4) is 0 Å². The van der Waals surface area contributed by atoms with Gasteiger partial charge in [0.2, 0.25) is 0 Å². The first kappa shape index (κ1) is 17.3. The van der Waals surface area contributed by atoms with E-state index in [1.54, 1.807) is 0 Å². The van der Waals surface area contributed by atoms with Crippen LogP contribution in [0.2, 0.25) is 0 Å². The summed E-state index contributed by atoms with van der Waals surface area (Å²) in [6, 6.07) is 0. The number of anilines is 3. The molecule has 0 bridgehead atoms. The Hall–Kier alpha value is -2.09. The SMILES string of the molecule is COC(=O)C1CCN(c2ncnc(NNC(C)(C)C)c2N)CC1. The highest BCUT2D eigenvalue weighted by atomic mass is 16.5. The summed E-state index contributed by atoms with van der Waals surface area (Å²) in [4.78, 5) is 22.2. The average molecular weight is 322 g/mol. The number of carbonyl (C=O) groups excluding carboxylic acids is 1. The lowest BCUT2D eigenvalue weighted by Gasteiger charge is -2.32. The van der Waals surface area contributed by atoms with E-state index in [-0.39, 0.29) is 17.4 Å². The van der Waals surface area contributed by atoms with Gasteiger partial charge in [-0.25, -0.2) is 15.4 Å². The lowest BCUT2D eigenvalue weighted by molar-refractivity contribution is -0.146. The Bertz CT molecular complexity index is 549. The van der Waals surface area contributed by atoms with Crippen LogP contribution in [0.15, 0.2) is 6.33 Å². The van der Waals surface area contributed by atoms with Crippen LogP contribution in [0, 0.1) is 5.92 Å². The van der Waals surface area contributed by atoms with Gasteiger partial charge in [-0.2, -0.15) is 0 Å². The topological polar surface area (TPSA) is 105 Å². The van der Waals surface area contributed by atoms with Gasteiger partial charge in [0.1, 0.15) is 12.0 Å². The van der Waals surface area contributed by atoms with E-state index in [0.29, 0.717) is 30.4 Å². The first-order valence-electron chi connectivity index (χ1n) is 7.78. The van der Waals surface area contributed by atoms with E-state index >= 15 is 0 Å². The number of esters is 1. The zero-order valence-electron chi connectivity index (χ0n) is 14.2. The number of nitrogen functional groups attached to an aromatic ring is 1. The highest BCUT2D eigenvalue weighted by molar-refractivity contribution is 5.76. The first-order chi connectivity index (χ1) is 10.8. The van der Waals surface area contributed by atoms with E-state index in [2.05, 4.69) is 25.7 Å². The number of nitrogens with two attached hydrogens (primary N) is 1. The van der Waals surface area contributed by atoms with Crippen molar-refractivity contribution in [2.24, 2.45) is 5.92 Å². The van der Waals surface area contributed by atoms with Gasteiger partial charge in [0.05, 0.1) is 13.0 Å². The molecular formula is C15H26N6O2. The fraction of sp³-hybridized carbons (Fsp3) is 0.667. The maximum atomic E-state index is 11.6. The molecular weight excluding hydrogens is 296 g/mol. The molecule has 1 saturated heterocycles. The number of rotatable bonds is 4. The molecule has 23 heavy (non-hydrogen) atoms. The second-order valence-electron chi connectivity index (χ2n) is 6.74. The van der Waals surface area contributed by atoms with Gasteiger partial charge in [0.25, 0.3) is 0 Å². The number of methoxy groups -OCH3 is 1. The normalized spacial score (nSPS) is 16.3. The standard InChI is InChI=1S/C15H26N6O2/c1-15(2,3)20-19-12-11(16)13(18-9-17-12)21-7-5-10(6-8-21)14(22)23-4/h9-10,20H,5-8,16H2,1-4H3,(H,17,18,19). The summed E-state index contributed by atoms with van der Waals surface area (Å²) in [6.07, 6.45) is 2.96. The van der Waals surface area contributed by atoms with E-state index < -0.39 is 0 Å². The number of hydrazine groups is 1. The molecule has 1 aliphatic rings. The molecule has 0 amide bonds. The Morgan fingerprint density at radius 3 is 2.57 bits per heavy atom. The average Bonchev–Trinajstić information content (AvgIpc) is 2.52. The van der Waals surface area contributed by atoms with Gasteiger partial charge >= 0.3 is 5.97 Å². The fourth-order valence-electron chi connectivity index (χ4n) is 2.48. The first-order valence-corrected chi connectivity index (χ1v) is 7.78. The smallest absolute Gasteiger partial charge is 0.308 e. The summed E-state index contributed by atoms with van der Waals surface area (Å²) in [7, 11) is 1.43. The van der Waals surface area contributed by atoms with Crippen LogP contribution in [0.3, 0.4) is 0 Å². The van der Waals surface area contributed by atoms with Crippen molar-refractivity contribution in [2.75, 3.05) is 36.3 Å². The lowest BCUT2D eigenvalue weighted by atomic mass is 9.97. The van der Waals surface area contributed by atoms with Gasteiger partial charge in [0, 0.05) is 18.6 Å². The van der Waals surface area contributed by atoms with Crippen molar-refractivity contribution < 1.29 is 9.53 Å². The largest absolute Gasteiger partial charge is 0.469 e. The number of hydrogen-bond acceptors (Lipinski definition) is 8. The Balaban J connectivity index is 2.05. The Kier molecular flexibility index (Phi) is 5.25. The third-order valence-electron chi connectivity index (χ3n) is 3.75. The number of nitrogens with one attached hydrogen (secondary N) is 2. The highest BCUT2D eigenvalue weighted by Crippen LogP contribution is 2.29. The molecule has 4 N–H and O–H groups in total. The minimum atomic E-state index is -0.142. The number of ether oxygens (including phenoxy) is 1. The Morgan fingerprint density at radius 2 is 2.00 bits per heavy atom. The minimum Gasteiger partial charge on any atom is -0.469 e. The summed E-state index contributed by atoms with van der Waals surface area (Å²) in [5.41, 5.74) is 12.8. The highest BCUT2D eigenvalue weighted by Gasteiger charge is 2.27. The van der Waals surface area contributed by atoms with Crippen LogP contribution in [0.4, 0.5) is 17.3 Å². The molecule has 2 heterocycles. The zero-order chi connectivity index (χ0) is 17.0. The van der Waals surface area contributed by atoms with E-state index in [1.165, 1.54) is 13.4 Å². The van der Waals surface area contributed by atoms with Crippen molar-refractivity contribution in [3.05, 3.63) is 6.33 Å². The molecule has 1 aromatic heterocycles. The van der Waals surface area contributed by atoms with Gasteiger partial charge in [-0.1, -0.05) is 0 Å². The number of hydrogen-bond donors (Lipinski definition) is 3. The summed E-state index contributed by atoms with van der Waals surface area (Å²) < 4.78 is 4.81. The van der Waals surface area contributed by atoms with Crippen LogP contribution in [-0.4, -0.2) is 41.7 Å². The summed E-state index contributed by atoms with van der Waals surface area (Å²) in [5.74, 6) is 1.07. The van der Waals surface area contributed by atoms with Crippen molar-refractivity contribution in [1.29, 1.82) is 0 Å². The van der Waals surface area contributed by atoms with Crippen LogP contribution in [0.25, 0.3) is 0 Å². The number of nitrogens with zero attached hydrogens (tertiary/aromatic N) is 3. The van der Waals surface area contributed by atoms with Crippen LogP contribution >= 0.6 is 0 Å². The fourth-order valence-corrected chi connectivity index (χ4v) is 2.48. The molecule has 0 saturated carbocycles. The second kappa shape index (κ2) is 6.99. The third-order valence-corrected chi connectivity index (χ3v) is 3.75. The zero-order valence-corrected chi connectivity index (χ0v) is 14.2. The Labute approximate surface area is 136 Å². The molecule has 2 rings (SSSR count). The number of carbonyl (C=O) groups is 1. The molecule has 0 aliphatic carbocycles. The molecule has 0 aromatic carbocycles. The molecule has 0 unspecified atom stereocenters. The van der Waals surface area contributed by atoms with Gasteiger partial charge < -0.3 is 20.8 Å². The molecule has 128 valence electrons. The summed E-state index contributed by atoms with van der Waals surface area (Å²) in [6.45, 7) is 7.54. The van der Waals surface area contributed by atoms with E-state index in [9.17, 15) is 4.79 Å². The molecule has 1 fully saturated rings.